The van der Waals surface area contributed by atoms with Crippen LogP contribution in [0.3, 0.4) is 0 Å². The van der Waals surface area contributed by atoms with Gasteiger partial charge in [-0.15, -0.1) is 0 Å². The third-order valence-electron chi connectivity index (χ3n) is 1.10. The van der Waals surface area contributed by atoms with Crippen LogP contribution in [0.2, 0.25) is 0 Å². The number of hydrogen-bond acceptors (Lipinski definition) is 4. The highest BCUT2D eigenvalue weighted by Gasteiger charge is 2.04. The molecule has 0 rings (SSSR count). The first-order valence-corrected chi connectivity index (χ1v) is 5.89. The normalized spacial score (nSPS) is 11.7. The average molecular weight is 424 g/mol. The molecule has 4 nitrogen and oxygen atoms in total. The van der Waals surface area contributed by atoms with E-state index in [9.17, 15) is 9.59 Å². The SMILES string of the molecule is CC(=O)OC/C(I)=C(\I)COC(C)=O. The lowest BCUT2D eigenvalue weighted by atomic mass is 10.5. The molecule has 0 saturated carbocycles. The maximum Gasteiger partial charge on any atom is 0.302 e. The highest BCUT2D eigenvalue weighted by molar-refractivity contribution is 14.1. The summed E-state index contributed by atoms with van der Waals surface area (Å²) in [6.45, 7) is 3.16. The molecule has 0 aliphatic rings. The van der Waals surface area contributed by atoms with Crippen LogP contribution in [0.5, 0.6) is 0 Å². The van der Waals surface area contributed by atoms with E-state index < -0.39 is 0 Å². The molecule has 0 N–H and O–H groups in total. The zero-order chi connectivity index (χ0) is 11.1. The number of rotatable bonds is 4. The van der Waals surface area contributed by atoms with Crippen molar-refractivity contribution in [2.75, 3.05) is 13.2 Å². The summed E-state index contributed by atoms with van der Waals surface area (Å²) in [5.74, 6) is -0.647. The quantitative estimate of drug-likeness (QED) is 0.514. The molecular weight excluding hydrogens is 414 g/mol. The second kappa shape index (κ2) is 7.43. The van der Waals surface area contributed by atoms with Crippen molar-refractivity contribution in [1.82, 2.24) is 0 Å². The highest BCUT2D eigenvalue weighted by atomic mass is 127. The van der Waals surface area contributed by atoms with E-state index in [1.165, 1.54) is 13.8 Å². The van der Waals surface area contributed by atoms with E-state index in [-0.39, 0.29) is 25.2 Å². The second-order valence-electron chi connectivity index (χ2n) is 2.37. The lowest BCUT2D eigenvalue weighted by Crippen LogP contribution is -2.05. The van der Waals surface area contributed by atoms with Crippen LogP contribution in [0.1, 0.15) is 13.8 Å². The van der Waals surface area contributed by atoms with Gasteiger partial charge >= 0.3 is 11.9 Å². The maximum atomic E-state index is 10.5. The molecule has 0 aromatic heterocycles. The van der Waals surface area contributed by atoms with E-state index in [1.807, 2.05) is 0 Å². The zero-order valence-electron chi connectivity index (χ0n) is 7.80. The number of ether oxygens (including phenoxy) is 2. The smallest absolute Gasteiger partial charge is 0.302 e. The molecule has 80 valence electrons. The fraction of sp³-hybridized carbons (Fsp3) is 0.500. The molecule has 0 amide bonds. The van der Waals surface area contributed by atoms with Crippen LogP contribution in [-0.2, 0) is 19.1 Å². The molecule has 0 unspecified atom stereocenters. The van der Waals surface area contributed by atoms with E-state index in [2.05, 4.69) is 45.2 Å². The van der Waals surface area contributed by atoms with Gasteiger partial charge < -0.3 is 9.47 Å². The van der Waals surface area contributed by atoms with Gasteiger partial charge in [0.15, 0.2) is 0 Å². The van der Waals surface area contributed by atoms with Crippen molar-refractivity contribution in [3.63, 3.8) is 0 Å². The van der Waals surface area contributed by atoms with Crippen LogP contribution in [0, 0.1) is 0 Å². The minimum Gasteiger partial charge on any atom is -0.460 e. The second-order valence-corrected chi connectivity index (χ2v) is 4.97. The first kappa shape index (κ1) is 14.1. The summed E-state index contributed by atoms with van der Waals surface area (Å²) < 4.78 is 11.3. The van der Waals surface area contributed by atoms with Gasteiger partial charge in [-0.3, -0.25) is 9.59 Å². The first-order chi connectivity index (χ1) is 6.43. The van der Waals surface area contributed by atoms with Gasteiger partial charge in [0.1, 0.15) is 13.2 Å². The van der Waals surface area contributed by atoms with E-state index in [0.29, 0.717) is 0 Å². The summed E-state index contributed by atoms with van der Waals surface area (Å²) in [4.78, 5) is 21.0. The van der Waals surface area contributed by atoms with Crippen LogP contribution in [-0.4, -0.2) is 25.2 Å². The van der Waals surface area contributed by atoms with E-state index >= 15 is 0 Å². The first-order valence-electron chi connectivity index (χ1n) is 3.73. The van der Waals surface area contributed by atoms with Crippen molar-refractivity contribution < 1.29 is 19.1 Å². The van der Waals surface area contributed by atoms with E-state index in [0.717, 1.165) is 7.16 Å². The minimum absolute atomic E-state index is 0.232. The highest BCUT2D eigenvalue weighted by Crippen LogP contribution is 2.19. The zero-order valence-corrected chi connectivity index (χ0v) is 12.1. The van der Waals surface area contributed by atoms with Gasteiger partial charge in [-0.1, -0.05) is 0 Å². The predicted molar refractivity (Wildman–Crippen MR) is 68.3 cm³/mol. The van der Waals surface area contributed by atoms with Crippen molar-refractivity contribution in [2.24, 2.45) is 0 Å². The van der Waals surface area contributed by atoms with Crippen LogP contribution in [0.15, 0.2) is 7.16 Å². The lowest BCUT2D eigenvalue weighted by Gasteiger charge is -2.05. The summed E-state index contributed by atoms with van der Waals surface area (Å²) in [7, 11) is 0. The number of halogens is 2. The van der Waals surface area contributed by atoms with Gasteiger partial charge in [-0.2, -0.15) is 0 Å². The molecule has 0 spiro atoms. The van der Waals surface area contributed by atoms with Crippen LogP contribution < -0.4 is 0 Å². The Morgan fingerprint density at radius 1 is 0.929 bits per heavy atom. The van der Waals surface area contributed by atoms with Gasteiger partial charge in [0.25, 0.3) is 0 Å². The molecule has 0 aromatic carbocycles. The maximum absolute atomic E-state index is 10.5. The average Bonchev–Trinajstić information content (AvgIpc) is 2.09. The fourth-order valence-electron chi connectivity index (χ4n) is 0.487. The van der Waals surface area contributed by atoms with Gasteiger partial charge in [0.05, 0.1) is 0 Å². The largest absolute Gasteiger partial charge is 0.460 e. The van der Waals surface area contributed by atoms with Gasteiger partial charge in [-0.05, 0) is 45.2 Å². The molecule has 14 heavy (non-hydrogen) atoms. The third kappa shape index (κ3) is 7.54. The van der Waals surface area contributed by atoms with Crippen LogP contribution in [0.4, 0.5) is 0 Å². The Morgan fingerprint density at radius 3 is 1.43 bits per heavy atom. The van der Waals surface area contributed by atoms with Crippen LogP contribution in [0.25, 0.3) is 0 Å². The van der Waals surface area contributed by atoms with Gasteiger partial charge in [-0.25, -0.2) is 0 Å². The summed E-state index contributed by atoms with van der Waals surface area (Å²) in [5, 5.41) is 0. The fourth-order valence-corrected chi connectivity index (χ4v) is 1.11. The molecule has 0 aliphatic carbocycles. The number of esters is 2. The van der Waals surface area contributed by atoms with Gasteiger partial charge in [0, 0.05) is 21.0 Å². The standard InChI is InChI=1S/C8H10I2O4/c1-5(11)13-3-7(9)8(10)4-14-6(2)12/h3-4H2,1-2H3/b8-7+. The monoisotopic (exact) mass is 424 g/mol. The van der Waals surface area contributed by atoms with Crippen LogP contribution >= 0.6 is 45.2 Å². The molecule has 0 heterocycles. The molecule has 0 radical (unpaired) electrons. The molecule has 0 aliphatic heterocycles. The Hall–Kier alpha value is 0.140. The molecule has 0 aromatic rings. The number of carbonyl (C=O) groups excluding carboxylic acids is 2. The van der Waals surface area contributed by atoms with Gasteiger partial charge in [0.2, 0.25) is 0 Å². The Kier molecular flexibility index (Phi) is 7.51. The van der Waals surface area contributed by atoms with E-state index in [1.54, 1.807) is 0 Å². The summed E-state index contributed by atoms with van der Waals surface area (Å²) in [6, 6.07) is 0. The number of hydrogen-bond donors (Lipinski definition) is 0. The Bertz CT molecular complexity index is 234. The third-order valence-corrected chi connectivity index (χ3v) is 4.06. The van der Waals surface area contributed by atoms with Crippen molar-refractivity contribution in [3.8, 4) is 0 Å². The Labute approximate surface area is 110 Å². The Balaban J connectivity index is 4.01. The van der Waals surface area contributed by atoms with Crippen molar-refractivity contribution in [1.29, 1.82) is 0 Å². The molecular formula is C8H10I2O4. The van der Waals surface area contributed by atoms with Crippen molar-refractivity contribution in [3.05, 3.63) is 7.16 Å². The molecule has 0 atom stereocenters. The predicted octanol–water partition coefficient (Wildman–Crippen LogP) is 2.19. The molecule has 6 heteroatoms. The molecule has 0 saturated heterocycles. The van der Waals surface area contributed by atoms with Crippen molar-refractivity contribution >= 4 is 57.1 Å². The minimum atomic E-state index is -0.323. The topological polar surface area (TPSA) is 52.6 Å². The lowest BCUT2D eigenvalue weighted by molar-refractivity contribution is -0.141. The Morgan fingerprint density at radius 2 is 1.21 bits per heavy atom. The molecule has 0 bridgehead atoms. The summed E-state index contributed by atoms with van der Waals surface area (Å²) in [5.41, 5.74) is 0. The summed E-state index contributed by atoms with van der Waals surface area (Å²) in [6.07, 6.45) is 0. The van der Waals surface area contributed by atoms with E-state index in [4.69, 9.17) is 9.47 Å². The van der Waals surface area contributed by atoms with Crippen molar-refractivity contribution in [2.45, 2.75) is 13.8 Å². The summed E-state index contributed by atoms with van der Waals surface area (Å²) >= 11 is 4.10. The molecule has 0 fully saturated rings. The number of carbonyl (C=O) groups is 2.